The number of hydrogen-bond acceptors (Lipinski definition) is 8. The molecule has 9 heteroatoms. The first-order chi connectivity index (χ1) is 15.5. The van der Waals surface area contributed by atoms with E-state index in [0.29, 0.717) is 36.0 Å². The monoisotopic (exact) mass is 452 g/mol. The number of nitrogens with one attached hydrogen (secondary N) is 1. The van der Waals surface area contributed by atoms with Crippen LogP contribution in [0.25, 0.3) is 11.5 Å². The molecule has 2 aromatic carbocycles. The van der Waals surface area contributed by atoms with Crippen molar-refractivity contribution in [2.24, 2.45) is 0 Å². The van der Waals surface area contributed by atoms with Crippen molar-refractivity contribution in [2.75, 3.05) is 18.5 Å². The number of aryl methyl sites for hydroxylation is 1. The maximum absolute atomic E-state index is 13.5. The Bertz CT molecular complexity index is 1360. The third kappa shape index (κ3) is 3.71. The van der Waals surface area contributed by atoms with Crippen LogP contribution in [0, 0.1) is 6.92 Å². The summed E-state index contributed by atoms with van der Waals surface area (Å²) in [7, 11) is -4.03. The molecule has 1 aliphatic rings. The van der Waals surface area contributed by atoms with Crippen LogP contribution in [0.2, 0.25) is 0 Å². The second kappa shape index (κ2) is 8.08. The fraction of sp³-hybridized carbons (Fsp3) is 0.174. The van der Waals surface area contributed by atoms with E-state index in [2.05, 4.69) is 10.3 Å². The van der Waals surface area contributed by atoms with Gasteiger partial charge in [0.1, 0.15) is 19.0 Å². The van der Waals surface area contributed by atoms with Crippen molar-refractivity contribution in [1.29, 1.82) is 0 Å². The van der Waals surface area contributed by atoms with Gasteiger partial charge in [-0.2, -0.15) is 4.98 Å². The van der Waals surface area contributed by atoms with Crippen LogP contribution < -0.4 is 14.8 Å². The number of aromatic nitrogens is 1. The van der Waals surface area contributed by atoms with Crippen molar-refractivity contribution in [2.45, 2.75) is 23.4 Å². The third-order valence-electron chi connectivity index (χ3n) is 5.05. The van der Waals surface area contributed by atoms with E-state index < -0.39 is 9.84 Å². The summed E-state index contributed by atoms with van der Waals surface area (Å²) < 4.78 is 49.4. The largest absolute Gasteiger partial charge is 0.486 e. The lowest BCUT2D eigenvalue weighted by atomic mass is 10.1. The lowest BCUT2D eigenvalue weighted by molar-refractivity contribution is 0.171. The van der Waals surface area contributed by atoms with Crippen LogP contribution >= 0.6 is 0 Å². The summed E-state index contributed by atoms with van der Waals surface area (Å²) in [5.74, 6) is 1.76. The smallest absolute Gasteiger partial charge is 0.234 e. The zero-order valence-electron chi connectivity index (χ0n) is 17.2. The van der Waals surface area contributed by atoms with Crippen molar-refractivity contribution in [1.82, 2.24) is 4.98 Å². The van der Waals surface area contributed by atoms with E-state index in [1.54, 1.807) is 24.5 Å². The van der Waals surface area contributed by atoms with Gasteiger partial charge in [0.2, 0.25) is 26.6 Å². The minimum atomic E-state index is -4.03. The Hall–Kier alpha value is -3.72. The topological polar surface area (TPSA) is 104 Å². The van der Waals surface area contributed by atoms with Crippen molar-refractivity contribution >= 4 is 15.7 Å². The Morgan fingerprint density at radius 3 is 2.59 bits per heavy atom. The molecule has 164 valence electrons. The molecular weight excluding hydrogens is 432 g/mol. The molecule has 0 aliphatic carbocycles. The molecule has 3 heterocycles. The van der Waals surface area contributed by atoms with E-state index in [1.807, 2.05) is 31.2 Å². The molecule has 0 radical (unpaired) electrons. The van der Waals surface area contributed by atoms with Crippen LogP contribution in [0.3, 0.4) is 0 Å². The van der Waals surface area contributed by atoms with Crippen molar-refractivity contribution in [3.8, 4) is 23.0 Å². The highest BCUT2D eigenvalue weighted by Crippen LogP contribution is 2.37. The lowest BCUT2D eigenvalue weighted by Crippen LogP contribution is -2.16. The Balaban J connectivity index is 1.58. The number of oxazole rings is 1. The molecule has 0 bridgehead atoms. The van der Waals surface area contributed by atoms with Gasteiger partial charge >= 0.3 is 0 Å². The van der Waals surface area contributed by atoms with Crippen molar-refractivity contribution in [3.63, 3.8) is 0 Å². The zero-order chi connectivity index (χ0) is 22.1. The van der Waals surface area contributed by atoms with E-state index in [0.717, 1.165) is 5.56 Å². The molecular formula is C23H20N2O6S. The molecule has 0 fully saturated rings. The number of rotatable bonds is 6. The third-order valence-corrected chi connectivity index (χ3v) is 6.71. The Kier molecular flexibility index (Phi) is 5.10. The average Bonchev–Trinajstić information content (AvgIpc) is 3.48. The quantitative estimate of drug-likeness (QED) is 0.457. The van der Waals surface area contributed by atoms with E-state index in [4.69, 9.17) is 18.3 Å². The summed E-state index contributed by atoms with van der Waals surface area (Å²) in [6.45, 7) is 2.92. The van der Waals surface area contributed by atoms with E-state index >= 15 is 0 Å². The summed E-state index contributed by atoms with van der Waals surface area (Å²) in [6, 6.07) is 15.5. The number of anilines is 1. The number of benzene rings is 2. The summed E-state index contributed by atoms with van der Waals surface area (Å²) in [5.41, 5.74) is 1.62. The molecule has 2 aromatic heterocycles. The van der Waals surface area contributed by atoms with Gasteiger partial charge in [0, 0.05) is 11.6 Å². The number of sulfone groups is 1. The minimum Gasteiger partial charge on any atom is -0.486 e. The number of hydrogen-bond donors (Lipinski definition) is 1. The van der Waals surface area contributed by atoms with Crippen LogP contribution in [0.15, 0.2) is 79.6 Å². The van der Waals surface area contributed by atoms with Gasteiger partial charge in [-0.1, -0.05) is 18.2 Å². The van der Waals surface area contributed by atoms with Crippen LogP contribution in [-0.4, -0.2) is 26.6 Å². The minimum absolute atomic E-state index is 0.0347. The van der Waals surface area contributed by atoms with Crippen LogP contribution in [-0.2, 0) is 16.4 Å². The first kappa shape index (κ1) is 20.2. The standard InChI is InChI=1S/C23H20N2O6S/c1-15-5-2-3-7-18(15)21-25-23(22(31-21)24-14-16-6-4-10-28-16)32(26,27)17-8-9-19-20(13-17)30-12-11-29-19/h2-10,13,24H,11-12,14H2,1H3. The van der Waals surface area contributed by atoms with Gasteiger partial charge in [0.05, 0.1) is 17.7 Å². The highest BCUT2D eigenvalue weighted by atomic mass is 32.2. The van der Waals surface area contributed by atoms with Crippen LogP contribution in [0.4, 0.5) is 5.88 Å². The maximum Gasteiger partial charge on any atom is 0.234 e. The molecule has 0 saturated heterocycles. The molecule has 4 aromatic rings. The van der Waals surface area contributed by atoms with Gasteiger partial charge < -0.3 is 23.6 Å². The van der Waals surface area contributed by atoms with Gasteiger partial charge in [0.25, 0.3) is 0 Å². The summed E-state index contributed by atoms with van der Waals surface area (Å²) in [5, 5.41) is 2.80. The normalized spacial score (nSPS) is 13.2. The molecule has 0 unspecified atom stereocenters. The predicted octanol–water partition coefficient (Wildman–Crippen LogP) is 4.46. The number of fused-ring (bicyclic) bond motifs is 1. The molecule has 1 N–H and O–H groups in total. The first-order valence-electron chi connectivity index (χ1n) is 10.0. The fourth-order valence-corrected chi connectivity index (χ4v) is 4.70. The van der Waals surface area contributed by atoms with E-state index in [-0.39, 0.29) is 28.2 Å². The summed E-state index contributed by atoms with van der Waals surface area (Å²) >= 11 is 0. The fourth-order valence-electron chi connectivity index (χ4n) is 3.41. The van der Waals surface area contributed by atoms with Gasteiger partial charge in [-0.25, -0.2) is 8.42 Å². The van der Waals surface area contributed by atoms with Gasteiger partial charge in [-0.3, -0.25) is 0 Å². The molecule has 5 rings (SSSR count). The van der Waals surface area contributed by atoms with Crippen molar-refractivity contribution in [3.05, 3.63) is 72.2 Å². The molecule has 0 saturated carbocycles. The number of nitrogens with zero attached hydrogens (tertiary/aromatic N) is 1. The Morgan fingerprint density at radius 1 is 1.00 bits per heavy atom. The van der Waals surface area contributed by atoms with Gasteiger partial charge in [-0.05, 0) is 42.8 Å². The van der Waals surface area contributed by atoms with Crippen molar-refractivity contribution < 1.29 is 26.7 Å². The van der Waals surface area contributed by atoms with Crippen LogP contribution in [0.5, 0.6) is 11.5 Å². The van der Waals surface area contributed by atoms with E-state index in [1.165, 1.54) is 12.1 Å². The first-order valence-corrected chi connectivity index (χ1v) is 11.5. The number of furan rings is 1. The Labute approximate surface area is 184 Å². The van der Waals surface area contributed by atoms with Gasteiger partial charge in [0.15, 0.2) is 11.5 Å². The second-order valence-electron chi connectivity index (χ2n) is 7.21. The van der Waals surface area contributed by atoms with Crippen LogP contribution in [0.1, 0.15) is 11.3 Å². The highest BCUT2D eigenvalue weighted by Gasteiger charge is 2.30. The second-order valence-corrected chi connectivity index (χ2v) is 9.08. The molecule has 32 heavy (non-hydrogen) atoms. The summed E-state index contributed by atoms with van der Waals surface area (Å²) in [4.78, 5) is 4.42. The predicted molar refractivity (Wildman–Crippen MR) is 116 cm³/mol. The summed E-state index contributed by atoms with van der Waals surface area (Å²) in [6.07, 6.45) is 1.54. The zero-order valence-corrected chi connectivity index (χ0v) is 18.0. The number of ether oxygens (including phenoxy) is 2. The van der Waals surface area contributed by atoms with E-state index in [9.17, 15) is 8.42 Å². The SMILES string of the molecule is Cc1ccccc1-c1nc(S(=O)(=O)c2ccc3c(c2)OCCO3)c(NCc2ccco2)o1. The van der Waals surface area contributed by atoms with Gasteiger partial charge in [-0.15, -0.1) is 0 Å². The average molecular weight is 452 g/mol. The Morgan fingerprint density at radius 2 is 1.81 bits per heavy atom. The maximum atomic E-state index is 13.5. The molecule has 1 aliphatic heterocycles. The molecule has 0 amide bonds. The molecule has 0 spiro atoms. The molecule has 0 atom stereocenters. The lowest BCUT2D eigenvalue weighted by Gasteiger charge is -2.18. The highest BCUT2D eigenvalue weighted by molar-refractivity contribution is 7.91. The molecule has 8 nitrogen and oxygen atoms in total.